The number of imidazole rings is 1. The molecular weight excluding hydrogens is 331 g/mol. The highest BCUT2D eigenvalue weighted by molar-refractivity contribution is 6.42. The maximum atomic E-state index is 5.99. The van der Waals surface area contributed by atoms with Crippen LogP contribution >= 0.6 is 34.8 Å². The number of nitrogens with zero attached hydrogens (tertiary/aromatic N) is 2. The largest absolute Gasteiger partial charge is 0.485 e. The molecule has 6 heteroatoms. The van der Waals surface area contributed by atoms with E-state index in [9.17, 15) is 0 Å². The molecule has 0 saturated carbocycles. The molecule has 0 radical (unpaired) electrons. The van der Waals surface area contributed by atoms with Gasteiger partial charge in [0.1, 0.15) is 6.61 Å². The van der Waals surface area contributed by atoms with Crippen molar-refractivity contribution in [3.05, 3.63) is 64.0 Å². The molecule has 2 heterocycles. The molecule has 3 rings (SSSR count). The van der Waals surface area contributed by atoms with Gasteiger partial charge in [0.2, 0.25) is 0 Å². The standard InChI is InChI=1S/C15H11Cl3N2O/c16-7-11-8-20-5-1-2-14(15(20)19-11)21-9-10-3-4-12(17)13(18)6-10/h1-6,8H,7,9H2. The van der Waals surface area contributed by atoms with Gasteiger partial charge in [-0.15, -0.1) is 11.6 Å². The van der Waals surface area contributed by atoms with Crippen molar-refractivity contribution in [1.29, 1.82) is 0 Å². The molecule has 108 valence electrons. The Morgan fingerprint density at radius 2 is 2.00 bits per heavy atom. The molecule has 0 unspecified atom stereocenters. The number of aromatic nitrogens is 2. The van der Waals surface area contributed by atoms with Crippen LogP contribution in [-0.4, -0.2) is 9.38 Å². The van der Waals surface area contributed by atoms with Crippen molar-refractivity contribution >= 4 is 40.4 Å². The van der Waals surface area contributed by atoms with Crippen LogP contribution < -0.4 is 4.74 Å². The molecule has 0 bridgehead atoms. The van der Waals surface area contributed by atoms with Gasteiger partial charge in [-0.25, -0.2) is 4.98 Å². The van der Waals surface area contributed by atoms with Gasteiger partial charge >= 0.3 is 0 Å². The van der Waals surface area contributed by atoms with Crippen molar-refractivity contribution < 1.29 is 4.74 Å². The van der Waals surface area contributed by atoms with E-state index in [1.165, 1.54) is 0 Å². The first-order chi connectivity index (χ1) is 10.2. The molecule has 21 heavy (non-hydrogen) atoms. The number of hydrogen-bond donors (Lipinski definition) is 0. The van der Waals surface area contributed by atoms with Crippen LogP contribution in [0.5, 0.6) is 5.75 Å². The maximum absolute atomic E-state index is 5.99. The Hall–Kier alpha value is -1.42. The van der Waals surface area contributed by atoms with Gasteiger partial charge in [-0.05, 0) is 29.8 Å². The monoisotopic (exact) mass is 340 g/mol. The van der Waals surface area contributed by atoms with E-state index in [4.69, 9.17) is 39.5 Å². The minimum absolute atomic E-state index is 0.369. The van der Waals surface area contributed by atoms with Crippen LogP contribution in [0.15, 0.2) is 42.7 Å². The number of benzene rings is 1. The Morgan fingerprint density at radius 3 is 2.76 bits per heavy atom. The van der Waals surface area contributed by atoms with Gasteiger partial charge in [0, 0.05) is 12.4 Å². The molecule has 0 N–H and O–H groups in total. The molecule has 3 nitrogen and oxygen atoms in total. The highest BCUT2D eigenvalue weighted by Crippen LogP contribution is 2.25. The van der Waals surface area contributed by atoms with Gasteiger partial charge in [0.05, 0.1) is 21.6 Å². The maximum Gasteiger partial charge on any atom is 0.179 e. The van der Waals surface area contributed by atoms with E-state index in [2.05, 4.69) is 4.98 Å². The van der Waals surface area contributed by atoms with Gasteiger partial charge < -0.3 is 9.14 Å². The van der Waals surface area contributed by atoms with Crippen molar-refractivity contribution in [1.82, 2.24) is 9.38 Å². The topological polar surface area (TPSA) is 26.5 Å². The van der Waals surface area contributed by atoms with Crippen LogP contribution in [0.1, 0.15) is 11.3 Å². The molecule has 0 spiro atoms. The zero-order valence-corrected chi connectivity index (χ0v) is 13.2. The van der Waals surface area contributed by atoms with E-state index in [1.54, 1.807) is 12.1 Å². The second-order valence-electron chi connectivity index (χ2n) is 4.51. The Bertz CT molecular complexity index is 786. The Kier molecular flexibility index (Phi) is 4.24. The first-order valence-corrected chi connectivity index (χ1v) is 7.55. The highest BCUT2D eigenvalue weighted by Gasteiger charge is 2.07. The van der Waals surface area contributed by atoms with Crippen LogP contribution in [0.25, 0.3) is 5.65 Å². The van der Waals surface area contributed by atoms with E-state index >= 15 is 0 Å². The number of pyridine rings is 1. The van der Waals surface area contributed by atoms with Gasteiger partial charge in [-0.2, -0.15) is 0 Å². The first kappa shape index (κ1) is 14.5. The minimum atomic E-state index is 0.369. The average Bonchev–Trinajstić information content (AvgIpc) is 2.92. The third-order valence-corrected chi connectivity index (χ3v) is 4.02. The number of rotatable bonds is 4. The molecule has 1 aromatic carbocycles. The smallest absolute Gasteiger partial charge is 0.179 e. The predicted octanol–water partition coefficient (Wildman–Crippen LogP) is 4.96. The fourth-order valence-electron chi connectivity index (χ4n) is 2.01. The Balaban J connectivity index is 1.84. The molecular formula is C15H11Cl3N2O. The zero-order chi connectivity index (χ0) is 14.8. The van der Waals surface area contributed by atoms with Crippen molar-refractivity contribution in [3.8, 4) is 5.75 Å². The van der Waals surface area contributed by atoms with Crippen molar-refractivity contribution in [3.63, 3.8) is 0 Å². The molecule has 0 amide bonds. The third-order valence-electron chi connectivity index (χ3n) is 3.01. The van der Waals surface area contributed by atoms with Gasteiger partial charge in [0.15, 0.2) is 11.4 Å². The van der Waals surface area contributed by atoms with E-state index in [1.807, 2.05) is 35.0 Å². The molecule has 0 aliphatic heterocycles. The average molecular weight is 342 g/mol. The lowest BCUT2D eigenvalue weighted by Gasteiger charge is -2.08. The summed E-state index contributed by atoms with van der Waals surface area (Å²) in [5, 5.41) is 1.05. The number of ether oxygens (including phenoxy) is 1. The highest BCUT2D eigenvalue weighted by atomic mass is 35.5. The minimum Gasteiger partial charge on any atom is -0.485 e. The van der Waals surface area contributed by atoms with Crippen LogP contribution in [0, 0.1) is 0 Å². The van der Waals surface area contributed by atoms with E-state index in [0.29, 0.717) is 28.3 Å². The SMILES string of the molecule is ClCc1cn2cccc(OCc3ccc(Cl)c(Cl)c3)c2n1. The second-order valence-corrected chi connectivity index (χ2v) is 5.59. The Morgan fingerprint density at radius 1 is 1.14 bits per heavy atom. The van der Waals surface area contributed by atoms with Crippen molar-refractivity contribution in [2.45, 2.75) is 12.5 Å². The quantitative estimate of drug-likeness (QED) is 0.627. The second kappa shape index (κ2) is 6.14. The molecule has 3 aromatic rings. The summed E-state index contributed by atoms with van der Waals surface area (Å²) < 4.78 is 7.72. The third kappa shape index (κ3) is 3.10. The van der Waals surface area contributed by atoms with Gasteiger partial charge in [-0.3, -0.25) is 0 Å². The van der Waals surface area contributed by atoms with Crippen LogP contribution in [0.2, 0.25) is 10.0 Å². The summed E-state index contributed by atoms with van der Waals surface area (Å²) in [6.45, 7) is 0.389. The van der Waals surface area contributed by atoms with E-state index in [-0.39, 0.29) is 0 Å². The van der Waals surface area contributed by atoms with E-state index < -0.39 is 0 Å². The summed E-state index contributed by atoms with van der Waals surface area (Å²) >= 11 is 17.7. The molecule has 0 aliphatic rings. The fourth-order valence-corrected chi connectivity index (χ4v) is 2.45. The van der Waals surface area contributed by atoms with E-state index in [0.717, 1.165) is 16.9 Å². The predicted molar refractivity (Wildman–Crippen MR) is 85.5 cm³/mol. The number of alkyl halides is 1. The van der Waals surface area contributed by atoms with Crippen LogP contribution in [0.4, 0.5) is 0 Å². The van der Waals surface area contributed by atoms with Gasteiger partial charge in [-0.1, -0.05) is 29.3 Å². The summed E-state index contributed by atoms with van der Waals surface area (Å²) in [5.41, 5.74) is 2.49. The summed E-state index contributed by atoms with van der Waals surface area (Å²) in [6, 6.07) is 9.20. The summed E-state index contributed by atoms with van der Waals surface area (Å²) in [6.07, 6.45) is 3.79. The molecule has 2 aromatic heterocycles. The lowest BCUT2D eigenvalue weighted by Crippen LogP contribution is -1.97. The lowest BCUT2D eigenvalue weighted by atomic mass is 10.2. The van der Waals surface area contributed by atoms with Crippen LogP contribution in [-0.2, 0) is 12.5 Å². The zero-order valence-electron chi connectivity index (χ0n) is 10.9. The Labute approximate surface area is 137 Å². The fraction of sp³-hybridized carbons (Fsp3) is 0.133. The first-order valence-electron chi connectivity index (χ1n) is 6.26. The number of hydrogen-bond acceptors (Lipinski definition) is 2. The lowest BCUT2D eigenvalue weighted by molar-refractivity contribution is 0.308. The molecule has 0 aliphatic carbocycles. The summed E-state index contributed by atoms with van der Waals surface area (Å²) in [5.74, 6) is 1.06. The molecule has 0 saturated heterocycles. The van der Waals surface area contributed by atoms with Gasteiger partial charge in [0.25, 0.3) is 0 Å². The summed E-state index contributed by atoms with van der Waals surface area (Å²) in [4.78, 5) is 4.43. The van der Waals surface area contributed by atoms with Crippen molar-refractivity contribution in [2.24, 2.45) is 0 Å². The summed E-state index contributed by atoms with van der Waals surface area (Å²) in [7, 11) is 0. The normalized spacial score (nSPS) is 11.0. The molecule has 0 atom stereocenters. The molecule has 0 fully saturated rings. The van der Waals surface area contributed by atoms with Crippen LogP contribution in [0.3, 0.4) is 0 Å². The number of fused-ring (bicyclic) bond motifs is 1. The van der Waals surface area contributed by atoms with Crippen molar-refractivity contribution in [2.75, 3.05) is 0 Å². The number of halogens is 3.